The lowest BCUT2D eigenvalue weighted by atomic mass is 10.2. The maximum Gasteiger partial charge on any atom is 0.328 e. The monoisotopic (exact) mass is 338 g/mol. The van der Waals surface area contributed by atoms with E-state index in [1.54, 1.807) is 0 Å². The van der Waals surface area contributed by atoms with Gasteiger partial charge in [-0.1, -0.05) is 23.2 Å². The summed E-state index contributed by atoms with van der Waals surface area (Å²) in [6.45, 7) is -0.0892. The molecule has 1 aromatic rings. The second-order valence-electron chi connectivity index (χ2n) is 3.96. The molecule has 0 unspecified atom stereocenters. The zero-order valence-corrected chi connectivity index (χ0v) is 12.8. The van der Waals surface area contributed by atoms with Crippen LogP contribution in [0.1, 0.15) is 5.56 Å². The van der Waals surface area contributed by atoms with Crippen LogP contribution in [0.4, 0.5) is 0 Å². The second-order valence-corrected chi connectivity index (χ2v) is 7.06. The Morgan fingerprint density at radius 1 is 1.40 bits per heavy atom. The van der Waals surface area contributed by atoms with Gasteiger partial charge in [0, 0.05) is 22.9 Å². The van der Waals surface area contributed by atoms with Crippen molar-refractivity contribution in [2.45, 2.75) is 0 Å². The number of carboxylic acid groups (broad SMARTS) is 1. The van der Waals surface area contributed by atoms with Gasteiger partial charge in [0.05, 0.1) is 10.8 Å². The van der Waals surface area contributed by atoms with Crippen molar-refractivity contribution >= 4 is 45.1 Å². The summed E-state index contributed by atoms with van der Waals surface area (Å²) in [6.07, 6.45) is 3.27. The number of sulfone groups is 1. The van der Waals surface area contributed by atoms with Gasteiger partial charge in [0.2, 0.25) is 0 Å². The number of carboxylic acids is 1. The molecule has 0 heterocycles. The highest BCUT2D eigenvalue weighted by Crippen LogP contribution is 2.33. The molecule has 0 aromatic heterocycles. The molecule has 20 heavy (non-hydrogen) atoms. The summed E-state index contributed by atoms with van der Waals surface area (Å²) < 4.78 is 27.4. The van der Waals surface area contributed by atoms with Crippen LogP contribution < -0.4 is 4.74 Å². The molecule has 1 N–H and O–H groups in total. The van der Waals surface area contributed by atoms with E-state index < -0.39 is 15.8 Å². The van der Waals surface area contributed by atoms with Crippen LogP contribution in [0.2, 0.25) is 10.0 Å². The van der Waals surface area contributed by atoms with Crippen molar-refractivity contribution in [2.24, 2.45) is 0 Å². The maximum absolute atomic E-state index is 11.0. The average Bonchev–Trinajstić information content (AvgIpc) is 2.27. The Bertz CT molecular complexity index is 637. The molecule has 1 rings (SSSR count). The molecule has 0 aliphatic heterocycles. The summed E-state index contributed by atoms with van der Waals surface area (Å²) in [4.78, 5) is 10.5. The minimum Gasteiger partial charge on any atom is -0.490 e. The van der Waals surface area contributed by atoms with Crippen molar-refractivity contribution in [3.63, 3.8) is 0 Å². The molecule has 8 heteroatoms. The van der Waals surface area contributed by atoms with Crippen LogP contribution in [-0.4, -0.2) is 38.1 Å². The third-order valence-corrected chi connectivity index (χ3v) is 3.55. The highest BCUT2D eigenvalue weighted by atomic mass is 35.5. The van der Waals surface area contributed by atoms with Crippen LogP contribution in [0.3, 0.4) is 0 Å². The highest BCUT2D eigenvalue weighted by molar-refractivity contribution is 7.90. The smallest absolute Gasteiger partial charge is 0.328 e. The predicted molar refractivity (Wildman–Crippen MR) is 78.3 cm³/mol. The van der Waals surface area contributed by atoms with Crippen LogP contribution >= 0.6 is 23.2 Å². The molecule has 0 spiro atoms. The standard InChI is InChI=1S/C12H12Cl2O5S/c1-20(17,18)5-4-19-12-8(2-3-11(15)16)6-9(13)7-10(12)14/h2-3,6-7H,4-5H2,1H3,(H,15,16)/b3-2+. The number of halogens is 2. The molecule has 0 bridgehead atoms. The van der Waals surface area contributed by atoms with E-state index in [4.69, 9.17) is 33.0 Å². The first-order chi connectivity index (χ1) is 9.19. The molecule has 0 fully saturated rings. The Labute approximate surface area is 126 Å². The summed E-state index contributed by atoms with van der Waals surface area (Å²) in [5, 5.41) is 9.11. The zero-order valence-electron chi connectivity index (χ0n) is 10.5. The molecule has 5 nitrogen and oxygen atoms in total. The van der Waals surface area contributed by atoms with Gasteiger partial charge in [0.25, 0.3) is 0 Å². The molecular weight excluding hydrogens is 327 g/mol. The van der Waals surface area contributed by atoms with E-state index in [1.165, 1.54) is 18.2 Å². The Morgan fingerprint density at radius 3 is 2.60 bits per heavy atom. The minimum absolute atomic E-state index is 0.0892. The molecular formula is C12H12Cl2O5S. The number of carbonyl (C=O) groups is 1. The Kier molecular flexibility index (Phi) is 5.86. The summed E-state index contributed by atoms with van der Waals surface area (Å²) in [6, 6.07) is 2.90. The van der Waals surface area contributed by atoms with E-state index >= 15 is 0 Å². The van der Waals surface area contributed by atoms with Crippen molar-refractivity contribution in [2.75, 3.05) is 18.6 Å². The van der Waals surface area contributed by atoms with Gasteiger partial charge in [0.15, 0.2) is 9.84 Å². The van der Waals surface area contributed by atoms with Crippen molar-refractivity contribution < 1.29 is 23.1 Å². The van der Waals surface area contributed by atoms with Crippen molar-refractivity contribution in [3.05, 3.63) is 33.8 Å². The molecule has 0 amide bonds. The first-order valence-corrected chi connectivity index (χ1v) is 8.21. The van der Waals surface area contributed by atoms with Gasteiger partial charge in [-0.15, -0.1) is 0 Å². The average molecular weight is 339 g/mol. The van der Waals surface area contributed by atoms with Crippen LogP contribution in [0, 0.1) is 0 Å². The van der Waals surface area contributed by atoms with Crippen molar-refractivity contribution in [1.82, 2.24) is 0 Å². The third-order valence-electron chi connectivity index (χ3n) is 2.14. The maximum atomic E-state index is 11.0. The normalized spacial score (nSPS) is 11.8. The van der Waals surface area contributed by atoms with Crippen LogP contribution in [-0.2, 0) is 14.6 Å². The quantitative estimate of drug-likeness (QED) is 0.806. The fourth-order valence-corrected chi connectivity index (χ4v) is 2.26. The lowest BCUT2D eigenvalue weighted by Crippen LogP contribution is -2.12. The number of hydrogen-bond acceptors (Lipinski definition) is 4. The van der Waals surface area contributed by atoms with Gasteiger partial charge >= 0.3 is 5.97 Å². The third kappa shape index (κ3) is 5.81. The number of hydrogen-bond donors (Lipinski definition) is 1. The Morgan fingerprint density at radius 2 is 2.05 bits per heavy atom. The Balaban J connectivity index is 3.01. The molecule has 0 saturated heterocycles. The van der Waals surface area contributed by atoms with E-state index in [2.05, 4.69) is 0 Å². The van der Waals surface area contributed by atoms with Gasteiger partial charge in [0.1, 0.15) is 12.4 Å². The van der Waals surface area contributed by atoms with Crippen molar-refractivity contribution in [3.8, 4) is 5.75 Å². The molecule has 0 radical (unpaired) electrons. The number of rotatable bonds is 6. The molecule has 0 atom stereocenters. The van der Waals surface area contributed by atoms with E-state index in [0.29, 0.717) is 10.6 Å². The predicted octanol–water partition coefficient (Wildman–Crippen LogP) is 2.51. The largest absolute Gasteiger partial charge is 0.490 e. The highest BCUT2D eigenvalue weighted by Gasteiger charge is 2.11. The number of aliphatic carboxylic acids is 1. The topological polar surface area (TPSA) is 80.7 Å². The second kappa shape index (κ2) is 6.97. The van der Waals surface area contributed by atoms with E-state index in [9.17, 15) is 13.2 Å². The number of benzene rings is 1. The summed E-state index contributed by atoms with van der Waals surface area (Å²) in [7, 11) is -3.16. The summed E-state index contributed by atoms with van der Waals surface area (Å²) >= 11 is 11.8. The van der Waals surface area contributed by atoms with E-state index in [1.807, 2.05) is 0 Å². The first kappa shape index (κ1) is 16.8. The van der Waals surface area contributed by atoms with Crippen molar-refractivity contribution in [1.29, 1.82) is 0 Å². The molecule has 1 aromatic carbocycles. The minimum atomic E-state index is -3.16. The SMILES string of the molecule is CS(=O)(=O)CCOc1c(Cl)cc(Cl)cc1/C=C/C(=O)O. The van der Waals surface area contributed by atoms with Gasteiger partial charge in [-0.25, -0.2) is 13.2 Å². The molecule has 0 saturated carbocycles. The molecule has 0 aliphatic rings. The van der Waals surface area contributed by atoms with Crippen LogP contribution in [0.25, 0.3) is 6.08 Å². The van der Waals surface area contributed by atoms with E-state index in [0.717, 1.165) is 12.3 Å². The Hall–Kier alpha value is -1.24. The summed E-state index contributed by atoms with van der Waals surface area (Å²) in [5.41, 5.74) is 0.360. The first-order valence-electron chi connectivity index (χ1n) is 5.39. The van der Waals surface area contributed by atoms with Crippen LogP contribution in [0.15, 0.2) is 18.2 Å². The zero-order chi connectivity index (χ0) is 15.3. The van der Waals surface area contributed by atoms with Gasteiger partial charge in [-0.3, -0.25) is 0 Å². The van der Waals surface area contributed by atoms with E-state index in [-0.39, 0.29) is 23.1 Å². The number of ether oxygens (including phenoxy) is 1. The fourth-order valence-electron chi connectivity index (χ4n) is 1.31. The lowest BCUT2D eigenvalue weighted by Gasteiger charge is -2.11. The summed E-state index contributed by atoms with van der Waals surface area (Å²) in [5.74, 6) is -1.12. The van der Waals surface area contributed by atoms with Crippen LogP contribution in [0.5, 0.6) is 5.75 Å². The lowest BCUT2D eigenvalue weighted by molar-refractivity contribution is -0.131. The van der Waals surface area contributed by atoms with Gasteiger partial charge < -0.3 is 9.84 Å². The fraction of sp³-hybridized carbons (Fsp3) is 0.250. The molecule has 0 aliphatic carbocycles. The van der Waals surface area contributed by atoms with Gasteiger partial charge in [-0.05, 0) is 18.2 Å². The van der Waals surface area contributed by atoms with Gasteiger partial charge in [-0.2, -0.15) is 0 Å². The molecule has 110 valence electrons.